The van der Waals surface area contributed by atoms with E-state index in [1.54, 1.807) is 25.2 Å². The SMILES string of the molecule is COc1cc(/C=N/NC(=O)c2nn(C)cc2Cl)ccc1OCn1cc([N+](=O)[O-])cn1. The van der Waals surface area contributed by atoms with Crippen LogP contribution in [0.15, 0.2) is 41.9 Å². The zero-order valence-corrected chi connectivity index (χ0v) is 16.6. The summed E-state index contributed by atoms with van der Waals surface area (Å²) in [6.45, 7) is -0.0431. The molecule has 0 aliphatic heterocycles. The number of ether oxygens (including phenoxy) is 2. The van der Waals surface area contributed by atoms with Crippen molar-refractivity contribution in [3.8, 4) is 11.5 Å². The van der Waals surface area contributed by atoms with Crippen LogP contribution in [-0.2, 0) is 13.8 Å². The predicted molar refractivity (Wildman–Crippen MR) is 106 cm³/mol. The molecule has 0 bridgehead atoms. The number of halogens is 1. The number of aryl methyl sites for hydroxylation is 1. The van der Waals surface area contributed by atoms with E-state index in [9.17, 15) is 14.9 Å². The highest BCUT2D eigenvalue weighted by atomic mass is 35.5. The molecule has 13 heteroatoms. The number of carbonyl (C=O) groups is 1. The largest absolute Gasteiger partial charge is 0.493 e. The average Bonchev–Trinajstić information content (AvgIpc) is 3.32. The van der Waals surface area contributed by atoms with E-state index in [-0.39, 0.29) is 23.1 Å². The molecule has 0 atom stereocenters. The highest BCUT2D eigenvalue weighted by molar-refractivity contribution is 6.33. The Morgan fingerprint density at radius 1 is 1.40 bits per heavy atom. The monoisotopic (exact) mass is 433 g/mol. The Morgan fingerprint density at radius 3 is 2.83 bits per heavy atom. The molecule has 2 aromatic heterocycles. The lowest BCUT2D eigenvalue weighted by molar-refractivity contribution is -0.385. The first-order valence-electron chi connectivity index (χ1n) is 8.37. The molecule has 0 saturated carbocycles. The molecule has 1 N–H and O–H groups in total. The lowest BCUT2D eigenvalue weighted by Gasteiger charge is -2.11. The number of hydrogen-bond donors (Lipinski definition) is 1. The van der Waals surface area contributed by atoms with Gasteiger partial charge in [0, 0.05) is 13.2 Å². The van der Waals surface area contributed by atoms with Crippen molar-refractivity contribution in [3.05, 3.63) is 63.2 Å². The maximum atomic E-state index is 12.0. The van der Waals surface area contributed by atoms with Crippen molar-refractivity contribution < 1.29 is 19.2 Å². The maximum Gasteiger partial charge on any atom is 0.307 e. The van der Waals surface area contributed by atoms with Crippen molar-refractivity contribution in [1.29, 1.82) is 0 Å². The molecule has 2 heterocycles. The fraction of sp³-hybridized carbons (Fsp3) is 0.176. The number of amides is 1. The van der Waals surface area contributed by atoms with Gasteiger partial charge in [-0.3, -0.25) is 19.6 Å². The van der Waals surface area contributed by atoms with E-state index in [4.69, 9.17) is 21.1 Å². The van der Waals surface area contributed by atoms with Gasteiger partial charge in [-0.25, -0.2) is 10.1 Å². The average molecular weight is 434 g/mol. The normalized spacial score (nSPS) is 10.9. The maximum absolute atomic E-state index is 12.0. The predicted octanol–water partition coefficient (Wildman–Crippen LogP) is 1.99. The fourth-order valence-electron chi connectivity index (χ4n) is 2.37. The van der Waals surface area contributed by atoms with E-state index in [1.165, 1.54) is 35.1 Å². The van der Waals surface area contributed by atoms with Gasteiger partial charge in [0.05, 0.1) is 23.3 Å². The van der Waals surface area contributed by atoms with Gasteiger partial charge in [-0.2, -0.15) is 15.3 Å². The third-order valence-electron chi connectivity index (χ3n) is 3.75. The Bertz CT molecular complexity index is 1110. The van der Waals surface area contributed by atoms with Gasteiger partial charge in [-0.15, -0.1) is 0 Å². The summed E-state index contributed by atoms with van der Waals surface area (Å²) >= 11 is 5.92. The van der Waals surface area contributed by atoms with E-state index in [2.05, 4.69) is 20.7 Å². The van der Waals surface area contributed by atoms with E-state index in [0.29, 0.717) is 17.1 Å². The molecule has 0 unspecified atom stereocenters. The molecule has 0 aliphatic carbocycles. The van der Waals surface area contributed by atoms with Crippen molar-refractivity contribution in [2.75, 3.05) is 7.11 Å². The second-order valence-corrected chi connectivity index (χ2v) is 6.28. The Hall–Kier alpha value is -3.93. The van der Waals surface area contributed by atoms with Crippen LogP contribution in [0.3, 0.4) is 0 Å². The summed E-state index contributed by atoms with van der Waals surface area (Å²) in [6.07, 6.45) is 5.31. The van der Waals surface area contributed by atoms with Crippen molar-refractivity contribution in [1.82, 2.24) is 25.0 Å². The molecule has 30 heavy (non-hydrogen) atoms. The first kappa shape index (κ1) is 20.8. The van der Waals surface area contributed by atoms with E-state index >= 15 is 0 Å². The minimum Gasteiger partial charge on any atom is -0.493 e. The summed E-state index contributed by atoms with van der Waals surface area (Å²) in [7, 11) is 3.11. The van der Waals surface area contributed by atoms with Gasteiger partial charge in [0.2, 0.25) is 0 Å². The molecule has 12 nitrogen and oxygen atoms in total. The molecule has 0 spiro atoms. The number of nitrogens with zero attached hydrogens (tertiary/aromatic N) is 6. The molecule has 3 rings (SSSR count). The third-order valence-corrected chi connectivity index (χ3v) is 4.03. The van der Waals surface area contributed by atoms with Crippen LogP contribution in [0.25, 0.3) is 0 Å². The molecular weight excluding hydrogens is 418 g/mol. The molecule has 156 valence electrons. The lowest BCUT2D eigenvalue weighted by Crippen LogP contribution is -2.18. The Balaban J connectivity index is 1.63. The number of carbonyl (C=O) groups excluding carboxylic acids is 1. The third kappa shape index (κ3) is 4.91. The number of methoxy groups -OCH3 is 1. The van der Waals surface area contributed by atoms with Gasteiger partial charge in [0.15, 0.2) is 23.9 Å². The lowest BCUT2D eigenvalue weighted by atomic mass is 10.2. The van der Waals surface area contributed by atoms with Crippen LogP contribution in [-0.4, -0.2) is 43.7 Å². The van der Waals surface area contributed by atoms with Crippen LogP contribution in [0.4, 0.5) is 5.69 Å². The number of aromatic nitrogens is 4. The summed E-state index contributed by atoms with van der Waals surface area (Å²) < 4.78 is 13.6. The topological polar surface area (TPSA) is 139 Å². The smallest absolute Gasteiger partial charge is 0.307 e. The second kappa shape index (κ2) is 9.05. The summed E-state index contributed by atoms with van der Waals surface area (Å²) in [6, 6.07) is 4.96. The zero-order valence-electron chi connectivity index (χ0n) is 15.9. The van der Waals surface area contributed by atoms with Gasteiger partial charge in [0.25, 0.3) is 5.91 Å². The zero-order chi connectivity index (χ0) is 21.7. The van der Waals surface area contributed by atoms with Crippen LogP contribution in [0.2, 0.25) is 5.02 Å². The summed E-state index contributed by atoms with van der Waals surface area (Å²) in [5.74, 6) is 0.258. The number of hydrogen-bond acceptors (Lipinski definition) is 8. The molecule has 0 saturated heterocycles. The Morgan fingerprint density at radius 2 is 2.20 bits per heavy atom. The van der Waals surface area contributed by atoms with Crippen LogP contribution in [0.5, 0.6) is 11.5 Å². The minimum atomic E-state index is -0.544. The first-order chi connectivity index (χ1) is 14.4. The van der Waals surface area contributed by atoms with Crippen LogP contribution in [0, 0.1) is 10.1 Å². The molecule has 3 aromatic rings. The highest BCUT2D eigenvalue weighted by Crippen LogP contribution is 2.28. The summed E-state index contributed by atoms with van der Waals surface area (Å²) in [4.78, 5) is 22.2. The van der Waals surface area contributed by atoms with E-state index in [1.807, 2.05) is 0 Å². The molecule has 0 radical (unpaired) electrons. The van der Waals surface area contributed by atoms with Crippen LogP contribution < -0.4 is 14.9 Å². The van der Waals surface area contributed by atoms with Crippen molar-refractivity contribution in [3.63, 3.8) is 0 Å². The molecule has 0 aliphatic rings. The summed E-state index contributed by atoms with van der Waals surface area (Å²) in [5.41, 5.74) is 2.90. The number of nitrogens with one attached hydrogen (secondary N) is 1. The second-order valence-electron chi connectivity index (χ2n) is 5.88. The van der Waals surface area contributed by atoms with Gasteiger partial charge in [0.1, 0.15) is 12.4 Å². The highest BCUT2D eigenvalue weighted by Gasteiger charge is 2.14. The number of nitro groups is 1. The van der Waals surface area contributed by atoms with Crippen molar-refractivity contribution >= 4 is 29.4 Å². The number of hydrazone groups is 1. The fourth-order valence-corrected chi connectivity index (χ4v) is 2.63. The van der Waals surface area contributed by atoms with Crippen LogP contribution in [0.1, 0.15) is 16.1 Å². The Labute approximate surface area is 174 Å². The van der Waals surface area contributed by atoms with Crippen molar-refractivity contribution in [2.45, 2.75) is 6.73 Å². The van der Waals surface area contributed by atoms with Gasteiger partial charge in [-0.05, 0) is 23.8 Å². The Kier molecular flexibility index (Phi) is 6.27. The summed E-state index contributed by atoms with van der Waals surface area (Å²) in [5, 5.41) is 22.6. The number of rotatable bonds is 8. The molecule has 1 aromatic carbocycles. The van der Waals surface area contributed by atoms with E-state index < -0.39 is 10.8 Å². The first-order valence-corrected chi connectivity index (χ1v) is 8.75. The van der Waals surface area contributed by atoms with Gasteiger partial charge in [-0.1, -0.05) is 11.6 Å². The van der Waals surface area contributed by atoms with Crippen LogP contribution >= 0.6 is 11.6 Å². The van der Waals surface area contributed by atoms with Gasteiger partial charge >= 0.3 is 5.69 Å². The molecule has 0 fully saturated rings. The molecule has 1 amide bonds. The molecular formula is C17H16ClN7O5. The van der Waals surface area contributed by atoms with Crippen molar-refractivity contribution in [2.24, 2.45) is 12.1 Å². The minimum absolute atomic E-state index is 0.0431. The number of benzene rings is 1. The standard InChI is InChI=1S/C17H16ClN7O5/c1-23-9-13(18)16(22-23)17(26)21-19-6-11-3-4-14(15(5-11)29-2)30-10-24-8-12(7-20-24)25(27)28/h3-9H,10H2,1-2H3,(H,21,26)/b19-6+. The van der Waals surface area contributed by atoms with Gasteiger partial charge < -0.3 is 9.47 Å². The quantitative estimate of drug-likeness (QED) is 0.325. The van der Waals surface area contributed by atoms with E-state index in [0.717, 1.165) is 6.20 Å².